The first-order chi connectivity index (χ1) is 9.54. The summed E-state index contributed by atoms with van der Waals surface area (Å²) < 4.78 is 5.52. The third kappa shape index (κ3) is 3.94. The van der Waals surface area contributed by atoms with Gasteiger partial charge in [-0.1, -0.05) is 23.7 Å². The number of aromatic nitrogens is 1. The van der Waals surface area contributed by atoms with Crippen molar-refractivity contribution in [2.24, 2.45) is 5.73 Å². The van der Waals surface area contributed by atoms with Crippen LogP contribution < -0.4 is 10.5 Å². The Morgan fingerprint density at radius 3 is 2.55 bits per heavy atom. The van der Waals surface area contributed by atoms with Crippen LogP contribution in [0.4, 0.5) is 0 Å². The van der Waals surface area contributed by atoms with E-state index in [0.29, 0.717) is 16.7 Å². The lowest BCUT2D eigenvalue weighted by Gasteiger charge is -2.08. The van der Waals surface area contributed by atoms with Crippen LogP contribution in [-0.2, 0) is 11.2 Å². The second-order valence-electron chi connectivity index (χ2n) is 4.21. The predicted octanol–water partition coefficient (Wildman–Crippen LogP) is 2.48. The zero-order valence-electron chi connectivity index (χ0n) is 10.5. The molecule has 1 atom stereocenters. The number of halogens is 1. The van der Waals surface area contributed by atoms with Gasteiger partial charge in [-0.3, -0.25) is 4.79 Å². The van der Waals surface area contributed by atoms with E-state index >= 15 is 0 Å². The lowest BCUT2D eigenvalue weighted by molar-refractivity contribution is -0.138. The van der Waals surface area contributed by atoms with Crippen LogP contribution in [0.5, 0.6) is 11.6 Å². The summed E-state index contributed by atoms with van der Waals surface area (Å²) in [5.74, 6) is 0.0209. The molecule has 2 aromatic rings. The van der Waals surface area contributed by atoms with E-state index in [9.17, 15) is 4.79 Å². The molecule has 0 spiro atoms. The average molecular weight is 293 g/mol. The van der Waals surface area contributed by atoms with E-state index in [2.05, 4.69) is 4.98 Å². The molecule has 3 N–H and O–H groups in total. The molecule has 0 aliphatic carbocycles. The molecular weight excluding hydrogens is 280 g/mol. The van der Waals surface area contributed by atoms with Crippen molar-refractivity contribution in [1.29, 1.82) is 0 Å². The Hall–Kier alpha value is -2.11. The van der Waals surface area contributed by atoms with Gasteiger partial charge in [-0.2, -0.15) is 0 Å². The van der Waals surface area contributed by atoms with Gasteiger partial charge < -0.3 is 15.6 Å². The number of nitrogens with zero attached hydrogens (tertiary/aromatic N) is 1. The number of nitrogens with two attached hydrogens (primary N) is 1. The van der Waals surface area contributed by atoms with E-state index in [1.165, 1.54) is 6.20 Å². The molecule has 5 nitrogen and oxygen atoms in total. The number of pyridine rings is 1. The van der Waals surface area contributed by atoms with Crippen LogP contribution in [-0.4, -0.2) is 22.1 Å². The number of aliphatic carboxylic acids is 1. The smallest absolute Gasteiger partial charge is 0.320 e. The Balaban J connectivity index is 2.01. The molecule has 0 aliphatic rings. The molecule has 6 heteroatoms. The number of ether oxygens (including phenoxy) is 1. The van der Waals surface area contributed by atoms with Gasteiger partial charge in [0.15, 0.2) is 0 Å². The summed E-state index contributed by atoms with van der Waals surface area (Å²) in [7, 11) is 0. The standard InChI is InChI=1S/C14H13ClN2O3/c15-10-3-6-13(17-8-10)20-11-4-1-9(2-5-11)7-12(16)14(18)19/h1-6,8,12H,7,16H2,(H,18,19)/t12-/m0/s1. The van der Waals surface area contributed by atoms with Crippen molar-refractivity contribution in [3.05, 3.63) is 53.2 Å². The number of hydrogen-bond acceptors (Lipinski definition) is 4. The molecule has 0 amide bonds. The Morgan fingerprint density at radius 2 is 2.00 bits per heavy atom. The SMILES string of the molecule is N[C@@H](Cc1ccc(Oc2ccc(Cl)cn2)cc1)C(=O)O. The summed E-state index contributed by atoms with van der Waals surface area (Å²) in [6.45, 7) is 0. The van der Waals surface area contributed by atoms with Gasteiger partial charge in [-0.25, -0.2) is 4.98 Å². The summed E-state index contributed by atoms with van der Waals surface area (Å²) in [5, 5.41) is 9.28. The number of carbonyl (C=O) groups is 1. The number of carboxylic acid groups (broad SMARTS) is 1. The van der Waals surface area contributed by atoms with E-state index in [1.807, 2.05) is 0 Å². The molecular formula is C14H13ClN2O3. The van der Waals surface area contributed by atoms with Crippen molar-refractivity contribution in [3.8, 4) is 11.6 Å². The summed E-state index contributed by atoms with van der Waals surface area (Å²) in [6.07, 6.45) is 1.77. The van der Waals surface area contributed by atoms with Crippen molar-refractivity contribution in [3.63, 3.8) is 0 Å². The molecule has 20 heavy (non-hydrogen) atoms. The van der Waals surface area contributed by atoms with Crippen molar-refractivity contribution in [1.82, 2.24) is 4.98 Å². The molecule has 1 aromatic carbocycles. The van der Waals surface area contributed by atoms with Gasteiger partial charge in [0.2, 0.25) is 5.88 Å². The van der Waals surface area contributed by atoms with Crippen LogP contribution >= 0.6 is 11.6 Å². The van der Waals surface area contributed by atoms with Crippen LogP contribution in [0.2, 0.25) is 5.02 Å². The fourth-order valence-electron chi connectivity index (χ4n) is 1.58. The zero-order chi connectivity index (χ0) is 14.5. The number of hydrogen-bond donors (Lipinski definition) is 2. The lowest BCUT2D eigenvalue weighted by atomic mass is 10.1. The number of carboxylic acids is 1. The lowest BCUT2D eigenvalue weighted by Crippen LogP contribution is -2.32. The highest BCUT2D eigenvalue weighted by Gasteiger charge is 2.11. The van der Waals surface area contributed by atoms with Gasteiger partial charge in [0.1, 0.15) is 11.8 Å². The summed E-state index contributed by atoms with van der Waals surface area (Å²) in [4.78, 5) is 14.7. The first-order valence-electron chi connectivity index (χ1n) is 5.91. The van der Waals surface area contributed by atoms with E-state index in [1.54, 1.807) is 36.4 Å². The van der Waals surface area contributed by atoms with Crippen LogP contribution in [0, 0.1) is 0 Å². The van der Waals surface area contributed by atoms with Crippen LogP contribution in [0.1, 0.15) is 5.56 Å². The normalized spacial score (nSPS) is 11.9. The maximum atomic E-state index is 10.7. The fraction of sp³-hybridized carbons (Fsp3) is 0.143. The van der Waals surface area contributed by atoms with Crippen molar-refractivity contribution in [2.45, 2.75) is 12.5 Å². The van der Waals surface area contributed by atoms with E-state index in [-0.39, 0.29) is 6.42 Å². The van der Waals surface area contributed by atoms with Gasteiger partial charge in [-0.15, -0.1) is 0 Å². The maximum Gasteiger partial charge on any atom is 0.320 e. The topological polar surface area (TPSA) is 85.4 Å². The molecule has 0 saturated carbocycles. The average Bonchev–Trinajstić information content (AvgIpc) is 2.43. The Kier molecular flexibility index (Phi) is 4.55. The van der Waals surface area contributed by atoms with Gasteiger partial charge >= 0.3 is 5.97 Å². The largest absolute Gasteiger partial charge is 0.480 e. The third-order valence-electron chi connectivity index (χ3n) is 2.62. The van der Waals surface area contributed by atoms with Gasteiger partial charge in [0, 0.05) is 12.3 Å². The summed E-state index contributed by atoms with van der Waals surface area (Å²) >= 11 is 5.73. The minimum atomic E-state index is -1.02. The molecule has 1 heterocycles. The van der Waals surface area contributed by atoms with Crippen molar-refractivity contribution in [2.75, 3.05) is 0 Å². The minimum Gasteiger partial charge on any atom is -0.480 e. The molecule has 0 unspecified atom stereocenters. The Labute approximate surface area is 121 Å². The monoisotopic (exact) mass is 292 g/mol. The summed E-state index contributed by atoms with van der Waals surface area (Å²) in [6, 6.07) is 9.46. The Morgan fingerprint density at radius 1 is 1.30 bits per heavy atom. The molecule has 0 radical (unpaired) electrons. The highest BCUT2D eigenvalue weighted by Crippen LogP contribution is 2.21. The maximum absolute atomic E-state index is 10.7. The number of benzene rings is 1. The van der Waals surface area contributed by atoms with Gasteiger partial charge in [-0.05, 0) is 30.2 Å². The second-order valence-corrected chi connectivity index (χ2v) is 4.65. The first-order valence-corrected chi connectivity index (χ1v) is 6.29. The third-order valence-corrected chi connectivity index (χ3v) is 2.84. The second kappa shape index (κ2) is 6.36. The van der Waals surface area contributed by atoms with Crippen LogP contribution in [0.3, 0.4) is 0 Å². The minimum absolute atomic E-state index is 0.273. The highest BCUT2D eigenvalue weighted by molar-refractivity contribution is 6.30. The molecule has 1 aromatic heterocycles. The molecule has 0 saturated heterocycles. The number of rotatable bonds is 5. The Bertz CT molecular complexity index is 584. The molecule has 0 aliphatic heterocycles. The summed E-state index contributed by atoms with van der Waals surface area (Å²) in [5.41, 5.74) is 6.30. The van der Waals surface area contributed by atoms with Crippen LogP contribution in [0.15, 0.2) is 42.6 Å². The molecule has 104 valence electrons. The van der Waals surface area contributed by atoms with E-state index in [4.69, 9.17) is 27.2 Å². The van der Waals surface area contributed by atoms with Crippen molar-refractivity contribution >= 4 is 17.6 Å². The van der Waals surface area contributed by atoms with Crippen LogP contribution in [0.25, 0.3) is 0 Å². The quantitative estimate of drug-likeness (QED) is 0.884. The molecule has 0 bridgehead atoms. The van der Waals surface area contributed by atoms with Gasteiger partial charge in [0.25, 0.3) is 0 Å². The van der Waals surface area contributed by atoms with Gasteiger partial charge in [0.05, 0.1) is 5.02 Å². The van der Waals surface area contributed by atoms with E-state index < -0.39 is 12.0 Å². The zero-order valence-corrected chi connectivity index (χ0v) is 11.2. The highest BCUT2D eigenvalue weighted by atomic mass is 35.5. The first kappa shape index (κ1) is 14.3. The molecule has 2 rings (SSSR count). The molecule has 0 fully saturated rings. The fourth-order valence-corrected chi connectivity index (χ4v) is 1.69. The predicted molar refractivity (Wildman–Crippen MR) is 75.1 cm³/mol. The van der Waals surface area contributed by atoms with Crippen molar-refractivity contribution < 1.29 is 14.6 Å². The van der Waals surface area contributed by atoms with E-state index in [0.717, 1.165) is 5.56 Å².